The first-order valence-corrected chi connectivity index (χ1v) is 14.0. The molecule has 0 bridgehead atoms. The Morgan fingerprint density at radius 3 is 2.24 bits per heavy atom. The van der Waals surface area contributed by atoms with E-state index in [-0.39, 0.29) is 17.4 Å². The number of aryl methyl sites for hydroxylation is 1. The van der Waals surface area contributed by atoms with Gasteiger partial charge in [0, 0.05) is 27.4 Å². The minimum atomic E-state index is -0.538. The van der Waals surface area contributed by atoms with Gasteiger partial charge in [0.25, 0.3) is 11.8 Å². The summed E-state index contributed by atoms with van der Waals surface area (Å²) < 4.78 is 10.8. The van der Waals surface area contributed by atoms with Crippen molar-refractivity contribution < 1.29 is 23.9 Å². The van der Waals surface area contributed by atoms with Crippen molar-refractivity contribution in [3.8, 4) is 11.5 Å². The molecule has 0 unspecified atom stereocenters. The Morgan fingerprint density at radius 1 is 0.786 bits per heavy atom. The van der Waals surface area contributed by atoms with Crippen LogP contribution in [0, 0.1) is 6.92 Å². The molecular formula is C33H31N3O5S. The standard InChI is InChI=1S/C33H31N3O5S/c1-22-9-7-12-25(17-22)34-31(37)21-42-28-14-8-13-26(20-28)35-33(39)29(36-32(38)23-10-5-4-6-11-23)19-24-18-27(40-2)15-16-30(24)41-3/h4-20H,21H2,1-3H3,(H,34,37)(H,35,39)(H,36,38)/b29-19+. The highest BCUT2D eigenvalue weighted by Gasteiger charge is 2.17. The Labute approximate surface area is 249 Å². The predicted molar refractivity (Wildman–Crippen MR) is 167 cm³/mol. The van der Waals surface area contributed by atoms with Crippen molar-refractivity contribution in [2.45, 2.75) is 11.8 Å². The van der Waals surface area contributed by atoms with Crippen LogP contribution in [0.15, 0.2) is 108 Å². The number of hydrogen-bond donors (Lipinski definition) is 3. The first kappa shape index (κ1) is 30.0. The van der Waals surface area contributed by atoms with Gasteiger partial charge in [-0.05, 0) is 79.2 Å². The van der Waals surface area contributed by atoms with Crippen LogP contribution in [-0.4, -0.2) is 37.7 Å². The van der Waals surface area contributed by atoms with Crippen LogP contribution in [0.2, 0.25) is 0 Å². The fourth-order valence-corrected chi connectivity index (χ4v) is 4.74. The predicted octanol–water partition coefficient (Wildman–Crippen LogP) is 6.15. The Kier molecular flexibility index (Phi) is 10.4. The van der Waals surface area contributed by atoms with Crippen LogP contribution in [0.5, 0.6) is 11.5 Å². The van der Waals surface area contributed by atoms with Crippen LogP contribution in [0.3, 0.4) is 0 Å². The van der Waals surface area contributed by atoms with Gasteiger partial charge in [0.15, 0.2) is 0 Å². The quantitative estimate of drug-likeness (QED) is 0.145. The second-order valence-electron chi connectivity index (χ2n) is 9.17. The van der Waals surface area contributed by atoms with Crippen LogP contribution in [0.1, 0.15) is 21.5 Å². The number of carbonyl (C=O) groups is 3. The molecule has 0 fully saturated rings. The first-order chi connectivity index (χ1) is 20.3. The molecule has 0 atom stereocenters. The Morgan fingerprint density at radius 2 is 1.52 bits per heavy atom. The number of rotatable bonds is 11. The van der Waals surface area contributed by atoms with Crippen molar-refractivity contribution in [3.63, 3.8) is 0 Å². The molecule has 0 radical (unpaired) electrons. The van der Waals surface area contributed by atoms with Crippen molar-refractivity contribution in [1.82, 2.24) is 5.32 Å². The number of carbonyl (C=O) groups excluding carboxylic acids is 3. The lowest BCUT2D eigenvalue weighted by molar-refractivity contribution is -0.114. The van der Waals surface area contributed by atoms with E-state index in [1.165, 1.54) is 32.1 Å². The summed E-state index contributed by atoms with van der Waals surface area (Å²) in [4.78, 5) is 39.8. The Hall–Kier alpha value is -5.02. The minimum absolute atomic E-state index is 0.00555. The second-order valence-corrected chi connectivity index (χ2v) is 10.2. The first-order valence-electron chi connectivity index (χ1n) is 13.1. The maximum Gasteiger partial charge on any atom is 0.272 e. The highest BCUT2D eigenvalue weighted by atomic mass is 32.2. The molecule has 0 saturated heterocycles. The normalized spacial score (nSPS) is 10.9. The molecule has 9 heteroatoms. The van der Waals surface area contributed by atoms with Crippen LogP contribution in [-0.2, 0) is 9.59 Å². The zero-order chi connectivity index (χ0) is 29.9. The number of nitrogens with one attached hydrogen (secondary N) is 3. The average Bonchev–Trinajstić information content (AvgIpc) is 3.00. The number of hydrogen-bond acceptors (Lipinski definition) is 6. The van der Waals surface area contributed by atoms with Gasteiger partial charge in [-0.2, -0.15) is 0 Å². The molecule has 0 saturated carbocycles. The molecule has 3 N–H and O–H groups in total. The van der Waals surface area contributed by atoms with Crippen molar-refractivity contribution in [2.75, 3.05) is 30.6 Å². The third-order valence-corrected chi connectivity index (χ3v) is 7.02. The lowest BCUT2D eigenvalue weighted by Crippen LogP contribution is -2.30. The molecule has 0 heterocycles. The molecule has 8 nitrogen and oxygen atoms in total. The molecule has 0 spiro atoms. The lowest BCUT2D eigenvalue weighted by Gasteiger charge is -2.14. The van der Waals surface area contributed by atoms with Gasteiger partial charge < -0.3 is 25.4 Å². The molecular weight excluding hydrogens is 550 g/mol. The second kappa shape index (κ2) is 14.6. The van der Waals surface area contributed by atoms with Gasteiger partial charge in [0.05, 0.1) is 20.0 Å². The fraction of sp³-hybridized carbons (Fsp3) is 0.121. The third-order valence-electron chi connectivity index (χ3n) is 6.03. The van der Waals surface area contributed by atoms with Crippen LogP contribution < -0.4 is 25.4 Å². The lowest BCUT2D eigenvalue weighted by atomic mass is 10.1. The van der Waals surface area contributed by atoms with Crippen LogP contribution >= 0.6 is 11.8 Å². The molecule has 0 aliphatic carbocycles. The highest BCUT2D eigenvalue weighted by Crippen LogP contribution is 2.27. The molecule has 3 amide bonds. The van der Waals surface area contributed by atoms with Gasteiger partial charge in [0.1, 0.15) is 17.2 Å². The summed E-state index contributed by atoms with van der Waals surface area (Å²) in [6.07, 6.45) is 1.53. The maximum absolute atomic E-state index is 13.5. The van der Waals surface area contributed by atoms with E-state index in [4.69, 9.17) is 9.47 Å². The highest BCUT2D eigenvalue weighted by molar-refractivity contribution is 8.00. The monoisotopic (exact) mass is 581 g/mol. The maximum atomic E-state index is 13.5. The third kappa shape index (κ3) is 8.49. The van der Waals surface area contributed by atoms with Gasteiger partial charge in [0.2, 0.25) is 5.91 Å². The topological polar surface area (TPSA) is 106 Å². The average molecular weight is 582 g/mol. The van der Waals surface area contributed by atoms with Gasteiger partial charge >= 0.3 is 0 Å². The fourth-order valence-electron chi connectivity index (χ4n) is 3.98. The summed E-state index contributed by atoms with van der Waals surface area (Å²) in [5.74, 6) is 0.136. The SMILES string of the molecule is COc1ccc(OC)c(/C=C(/NC(=O)c2ccccc2)C(=O)Nc2cccc(SCC(=O)Nc3cccc(C)c3)c2)c1. The number of benzene rings is 4. The van der Waals surface area contributed by atoms with E-state index in [0.717, 1.165) is 16.1 Å². The van der Waals surface area contributed by atoms with E-state index in [9.17, 15) is 14.4 Å². The van der Waals surface area contributed by atoms with E-state index in [1.54, 1.807) is 66.7 Å². The molecule has 42 heavy (non-hydrogen) atoms. The summed E-state index contributed by atoms with van der Waals surface area (Å²) in [7, 11) is 3.06. The molecule has 4 rings (SSSR count). The molecule has 0 aliphatic heterocycles. The van der Waals surface area contributed by atoms with E-state index >= 15 is 0 Å². The molecule has 214 valence electrons. The largest absolute Gasteiger partial charge is 0.497 e. The van der Waals surface area contributed by atoms with Crippen molar-refractivity contribution in [3.05, 3.63) is 119 Å². The van der Waals surface area contributed by atoms with E-state index < -0.39 is 11.8 Å². The smallest absolute Gasteiger partial charge is 0.272 e. The summed E-state index contributed by atoms with van der Waals surface area (Å²) in [6.45, 7) is 1.96. The zero-order valence-electron chi connectivity index (χ0n) is 23.5. The zero-order valence-corrected chi connectivity index (χ0v) is 24.3. The number of methoxy groups -OCH3 is 2. The number of ether oxygens (including phenoxy) is 2. The minimum Gasteiger partial charge on any atom is -0.497 e. The molecule has 0 aromatic heterocycles. The summed E-state index contributed by atoms with van der Waals surface area (Å²) in [5, 5.41) is 8.47. The van der Waals surface area contributed by atoms with Gasteiger partial charge in [-0.1, -0.05) is 36.4 Å². The van der Waals surface area contributed by atoms with Crippen molar-refractivity contribution in [2.24, 2.45) is 0 Å². The van der Waals surface area contributed by atoms with Crippen molar-refractivity contribution >= 4 is 46.9 Å². The molecule has 4 aromatic carbocycles. The van der Waals surface area contributed by atoms with Crippen LogP contribution in [0.4, 0.5) is 11.4 Å². The summed E-state index contributed by atoms with van der Waals surface area (Å²) in [6, 6.07) is 28.5. The van der Waals surface area contributed by atoms with Gasteiger partial charge in [-0.3, -0.25) is 14.4 Å². The Bertz CT molecular complexity index is 1600. The summed E-state index contributed by atoms with van der Waals surface area (Å²) >= 11 is 1.34. The molecule has 4 aromatic rings. The van der Waals surface area contributed by atoms with Gasteiger partial charge in [-0.25, -0.2) is 0 Å². The van der Waals surface area contributed by atoms with Crippen molar-refractivity contribution in [1.29, 1.82) is 0 Å². The van der Waals surface area contributed by atoms with E-state index in [1.807, 2.05) is 37.3 Å². The molecule has 0 aliphatic rings. The van der Waals surface area contributed by atoms with E-state index in [0.29, 0.717) is 28.3 Å². The summed E-state index contributed by atoms with van der Waals surface area (Å²) in [5.41, 5.74) is 3.25. The van der Waals surface area contributed by atoms with Crippen LogP contribution in [0.25, 0.3) is 6.08 Å². The van der Waals surface area contributed by atoms with Gasteiger partial charge in [-0.15, -0.1) is 11.8 Å². The number of thioether (sulfide) groups is 1. The number of amides is 3. The number of anilines is 2. The van der Waals surface area contributed by atoms with E-state index in [2.05, 4.69) is 16.0 Å². The Balaban J connectivity index is 1.51.